The molecule has 0 fully saturated rings. The molecule has 1 aromatic heterocycles. The van der Waals surface area contributed by atoms with Crippen LogP contribution >= 0.6 is 11.6 Å². The number of halogens is 1. The quantitative estimate of drug-likeness (QED) is 0.296. The number of rotatable bonds is 8. The first-order chi connectivity index (χ1) is 14.6. The maximum Gasteiger partial charge on any atom is 0.122 e. The summed E-state index contributed by atoms with van der Waals surface area (Å²) in [7, 11) is 0. The van der Waals surface area contributed by atoms with E-state index in [-0.39, 0.29) is 0 Å². The Balaban J connectivity index is 1.42. The molecule has 1 heterocycles. The van der Waals surface area contributed by atoms with Gasteiger partial charge in [0.05, 0.1) is 17.6 Å². The van der Waals surface area contributed by atoms with Crippen LogP contribution in [0.15, 0.2) is 66.7 Å². The largest absolute Gasteiger partial charge is 0.493 e. The van der Waals surface area contributed by atoms with Crippen LogP contribution in [-0.4, -0.2) is 16.2 Å². The highest BCUT2D eigenvalue weighted by Crippen LogP contribution is 2.22. The van der Waals surface area contributed by atoms with Gasteiger partial charge >= 0.3 is 0 Å². The molecule has 154 valence electrons. The van der Waals surface area contributed by atoms with Gasteiger partial charge in [-0.2, -0.15) is 0 Å². The van der Waals surface area contributed by atoms with Crippen LogP contribution in [0.5, 0.6) is 5.75 Å². The van der Waals surface area contributed by atoms with Gasteiger partial charge in [0.1, 0.15) is 11.6 Å². The molecule has 0 unspecified atom stereocenters. The van der Waals surface area contributed by atoms with E-state index < -0.39 is 0 Å². The summed E-state index contributed by atoms with van der Waals surface area (Å²) in [5.74, 6) is 2.08. The van der Waals surface area contributed by atoms with Gasteiger partial charge in [-0.1, -0.05) is 48.0 Å². The van der Waals surface area contributed by atoms with Crippen molar-refractivity contribution in [1.29, 1.82) is 0 Å². The maximum atomic E-state index is 6.04. The van der Waals surface area contributed by atoms with Gasteiger partial charge in [0.2, 0.25) is 0 Å². The first-order valence-electron chi connectivity index (χ1n) is 10.5. The van der Waals surface area contributed by atoms with E-state index >= 15 is 0 Å². The summed E-state index contributed by atoms with van der Waals surface area (Å²) in [4.78, 5) is 4.90. The minimum Gasteiger partial charge on any atom is -0.493 e. The molecule has 4 heteroatoms. The smallest absolute Gasteiger partial charge is 0.122 e. The Bertz CT molecular complexity index is 1130. The number of imidazole rings is 1. The van der Waals surface area contributed by atoms with Gasteiger partial charge in [-0.25, -0.2) is 4.98 Å². The summed E-state index contributed by atoms with van der Waals surface area (Å²) >= 11 is 6.04. The van der Waals surface area contributed by atoms with E-state index in [1.807, 2.05) is 18.2 Å². The number of hydrogen-bond acceptors (Lipinski definition) is 2. The third kappa shape index (κ3) is 4.68. The van der Waals surface area contributed by atoms with Crippen LogP contribution in [0.4, 0.5) is 0 Å². The SMILES string of the molecule is Cc1cccc(OCCCCn2c(Cc3ccc(Cl)cc3)nc3ccccc32)c1C. The Hall–Kier alpha value is -2.78. The fourth-order valence-electron chi connectivity index (χ4n) is 3.73. The zero-order valence-electron chi connectivity index (χ0n) is 17.6. The van der Waals surface area contributed by atoms with Crippen LogP contribution < -0.4 is 4.74 Å². The average molecular weight is 419 g/mol. The van der Waals surface area contributed by atoms with Crippen molar-refractivity contribution in [3.8, 4) is 5.75 Å². The summed E-state index contributed by atoms with van der Waals surface area (Å²) in [5.41, 5.74) is 5.95. The Labute approximate surface area is 183 Å². The number of hydrogen-bond donors (Lipinski definition) is 0. The minimum atomic E-state index is 0.726. The van der Waals surface area contributed by atoms with E-state index in [9.17, 15) is 0 Å². The molecule has 0 bridgehead atoms. The lowest BCUT2D eigenvalue weighted by Crippen LogP contribution is -2.07. The topological polar surface area (TPSA) is 27.1 Å². The molecular weight excluding hydrogens is 392 g/mol. The maximum absolute atomic E-state index is 6.04. The molecule has 0 spiro atoms. The van der Waals surface area contributed by atoms with E-state index in [0.29, 0.717) is 0 Å². The molecule has 0 saturated carbocycles. The van der Waals surface area contributed by atoms with Gasteiger partial charge in [0, 0.05) is 18.0 Å². The van der Waals surface area contributed by atoms with Crippen molar-refractivity contribution in [2.75, 3.05) is 6.61 Å². The van der Waals surface area contributed by atoms with Crippen molar-refractivity contribution in [2.24, 2.45) is 0 Å². The molecule has 0 aliphatic rings. The number of nitrogens with zero attached hydrogens (tertiary/aromatic N) is 2. The van der Waals surface area contributed by atoms with Crippen LogP contribution in [0.3, 0.4) is 0 Å². The summed E-state index contributed by atoms with van der Waals surface area (Å²) < 4.78 is 8.37. The number of unbranched alkanes of at least 4 members (excludes halogenated alkanes) is 1. The van der Waals surface area contributed by atoms with Crippen LogP contribution in [-0.2, 0) is 13.0 Å². The molecule has 0 atom stereocenters. The number of benzene rings is 3. The fourth-order valence-corrected chi connectivity index (χ4v) is 3.86. The van der Waals surface area contributed by atoms with Crippen molar-refractivity contribution in [2.45, 2.75) is 39.7 Å². The second-order valence-electron chi connectivity index (χ2n) is 7.73. The summed E-state index contributed by atoms with van der Waals surface area (Å²) in [6.07, 6.45) is 2.84. The monoisotopic (exact) mass is 418 g/mol. The van der Waals surface area contributed by atoms with Crippen LogP contribution in [0, 0.1) is 13.8 Å². The molecule has 4 aromatic rings. The van der Waals surface area contributed by atoms with E-state index in [0.717, 1.165) is 54.5 Å². The Morgan fingerprint density at radius 1 is 0.900 bits per heavy atom. The van der Waals surface area contributed by atoms with Crippen molar-refractivity contribution in [3.05, 3.63) is 94.3 Å². The second kappa shape index (κ2) is 9.36. The number of fused-ring (bicyclic) bond motifs is 1. The third-order valence-electron chi connectivity index (χ3n) is 5.60. The molecule has 0 aliphatic carbocycles. The minimum absolute atomic E-state index is 0.726. The van der Waals surface area contributed by atoms with E-state index in [4.69, 9.17) is 21.3 Å². The Morgan fingerprint density at radius 2 is 1.70 bits per heavy atom. The summed E-state index contributed by atoms with van der Waals surface area (Å²) in [6, 6.07) is 22.6. The van der Waals surface area contributed by atoms with Crippen molar-refractivity contribution in [1.82, 2.24) is 9.55 Å². The molecule has 3 aromatic carbocycles. The van der Waals surface area contributed by atoms with Gasteiger partial charge in [-0.15, -0.1) is 0 Å². The molecule has 0 N–H and O–H groups in total. The predicted octanol–water partition coefficient (Wildman–Crippen LogP) is 6.76. The van der Waals surface area contributed by atoms with Gasteiger partial charge < -0.3 is 9.30 Å². The van der Waals surface area contributed by atoms with Crippen molar-refractivity contribution >= 4 is 22.6 Å². The highest BCUT2D eigenvalue weighted by Gasteiger charge is 2.11. The standard InChI is InChI=1S/C26H27ClN2O/c1-19-8-7-11-25(20(19)2)30-17-6-5-16-29-24-10-4-3-9-23(24)28-26(29)18-21-12-14-22(27)15-13-21/h3-4,7-15H,5-6,16-18H2,1-2H3. The van der Waals surface area contributed by atoms with E-state index in [1.165, 1.54) is 22.2 Å². The number of ether oxygens (including phenoxy) is 1. The lowest BCUT2D eigenvalue weighted by molar-refractivity contribution is 0.301. The molecule has 30 heavy (non-hydrogen) atoms. The first kappa shape index (κ1) is 20.5. The number of aromatic nitrogens is 2. The summed E-state index contributed by atoms with van der Waals surface area (Å²) in [6.45, 7) is 5.89. The molecular formula is C26H27ClN2O. The van der Waals surface area contributed by atoms with E-state index in [2.05, 4.69) is 66.9 Å². The lowest BCUT2D eigenvalue weighted by atomic mass is 10.1. The van der Waals surface area contributed by atoms with Crippen LogP contribution in [0.25, 0.3) is 11.0 Å². The van der Waals surface area contributed by atoms with Gasteiger partial charge in [-0.05, 0) is 73.7 Å². The zero-order chi connectivity index (χ0) is 20.9. The Morgan fingerprint density at radius 3 is 2.53 bits per heavy atom. The van der Waals surface area contributed by atoms with Crippen molar-refractivity contribution < 1.29 is 4.74 Å². The van der Waals surface area contributed by atoms with Crippen molar-refractivity contribution in [3.63, 3.8) is 0 Å². The highest BCUT2D eigenvalue weighted by atomic mass is 35.5. The second-order valence-corrected chi connectivity index (χ2v) is 8.16. The summed E-state index contributed by atoms with van der Waals surface area (Å²) in [5, 5.41) is 0.760. The molecule has 0 saturated heterocycles. The van der Waals surface area contributed by atoms with Crippen LogP contribution in [0.2, 0.25) is 5.02 Å². The normalized spacial score (nSPS) is 11.2. The lowest BCUT2D eigenvalue weighted by Gasteiger charge is -2.12. The van der Waals surface area contributed by atoms with Gasteiger partial charge in [0.25, 0.3) is 0 Å². The first-order valence-corrected chi connectivity index (χ1v) is 10.9. The number of para-hydroxylation sites is 2. The molecule has 0 radical (unpaired) electrons. The average Bonchev–Trinajstić information content (AvgIpc) is 3.09. The van der Waals surface area contributed by atoms with Gasteiger partial charge in [0.15, 0.2) is 0 Å². The molecule has 0 aliphatic heterocycles. The molecule has 4 rings (SSSR count). The Kier molecular flexibility index (Phi) is 6.39. The predicted molar refractivity (Wildman–Crippen MR) is 125 cm³/mol. The molecule has 3 nitrogen and oxygen atoms in total. The van der Waals surface area contributed by atoms with Crippen LogP contribution in [0.1, 0.15) is 35.4 Å². The van der Waals surface area contributed by atoms with E-state index in [1.54, 1.807) is 0 Å². The van der Waals surface area contributed by atoms with Gasteiger partial charge in [-0.3, -0.25) is 0 Å². The fraction of sp³-hybridized carbons (Fsp3) is 0.269. The zero-order valence-corrected chi connectivity index (χ0v) is 18.3. The molecule has 0 amide bonds. The number of aryl methyl sites for hydroxylation is 2. The highest BCUT2D eigenvalue weighted by molar-refractivity contribution is 6.30. The third-order valence-corrected chi connectivity index (χ3v) is 5.85.